The summed E-state index contributed by atoms with van der Waals surface area (Å²) in [6.07, 6.45) is 1.83. The van der Waals surface area contributed by atoms with Gasteiger partial charge in [-0.3, -0.25) is 4.79 Å². The van der Waals surface area contributed by atoms with Gasteiger partial charge in [-0.2, -0.15) is 0 Å². The lowest BCUT2D eigenvalue weighted by Gasteiger charge is -2.32. The van der Waals surface area contributed by atoms with Gasteiger partial charge < -0.3 is 22.2 Å². The Morgan fingerprint density at radius 3 is 1.89 bits per heavy atom. The molecule has 4 rings (SSSR count). The normalized spacial score (nSPS) is 14.1. The molecule has 2 aromatic carbocycles. The van der Waals surface area contributed by atoms with Crippen LogP contribution < -0.4 is 17.3 Å². The van der Waals surface area contributed by atoms with Crippen molar-refractivity contribution in [2.24, 2.45) is 0 Å². The number of amides is 1. The summed E-state index contributed by atoms with van der Waals surface area (Å²) in [5, 5.41) is 0.411. The van der Waals surface area contributed by atoms with Crippen molar-refractivity contribution in [2.45, 2.75) is 18.8 Å². The highest BCUT2D eigenvalue weighted by Crippen LogP contribution is 2.29. The highest BCUT2D eigenvalue weighted by atomic mass is 35.5. The van der Waals surface area contributed by atoms with Crippen LogP contribution in [0.1, 0.15) is 40.2 Å². The van der Waals surface area contributed by atoms with E-state index < -0.39 is 0 Å². The second-order valence-corrected chi connectivity index (χ2v) is 9.37. The maximum atomic E-state index is 13.4. The molecule has 1 amide bonds. The summed E-state index contributed by atoms with van der Waals surface area (Å²) in [6, 6.07) is 16.2. The molecule has 35 heavy (non-hydrogen) atoms. The maximum Gasteiger partial charge on any atom is 0.254 e. The molecule has 0 unspecified atom stereocenters. The maximum absolute atomic E-state index is 13.4. The van der Waals surface area contributed by atoms with Crippen molar-refractivity contribution in [2.75, 3.05) is 32.7 Å². The highest BCUT2D eigenvalue weighted by molar-refractivity contribution is 6.33. The fourth-order valence-corrected chi connectivity index (χ4v) is 4.98. The van der Waals surface area contributed by atoms with Gasteiger partial charge in [-0.15, -0.1) is 0 Å². The molecule has 2 heterocycles. The molecule has 1 aromatic heterocycles. The van der Waals surface area contributed by atoms with Crippen LogP contribution in [0.25, 0.3) is 0 Å². The third kappa shape index (κ3) is 7.37. The molecule has 0 atom stereocenters. The summed E-state index contributed by atoms with van der Waals surface area (Å²) in [5.74, 6) is -0.549. The van der Waals surface area contributed by atoms with E-state index in [9.17, 15) is 13.6 Å². The lowest BCUT2D eigenvalue weighted by molar-refractivity contribution is -0.904. The molecule has 1 aliphatic heterocycles. The Morgan fingerprint density at radius 2 is 1.40 bits per heavy atom. The molecule has 1 aliphatic rings. The molecule has 1 fully saturated rings. The Kier molecular flexibility index (Phi) is 9.87. The van der Waals surface area contributed by atoms with Crippen molar-refractivity contribution in [3.8, 4) is 0 Å². The summed E-state index contributed by atoms with van der Waals surface area (Å²) >= 11 is 11.9. The fraction of sp³-hybridized carbons (Fsp3) is 0.308. The number of hydrogen-bond acceptors (Lipinski definition) is 2. The minimum Gasteiger partial charge on any atom is -1.00 e. The number of pyridine rings is 1. The third-order valence-corrected chi connectivity index (χ3v) is 6.72. The van der Waals surface area contributed by atoms with Gasteiger partial charge in [-0.1, -0.05) is 47.5 Å². The number of benzene rings is 2. The van der Waals surface area contributed by atoms with Gasteiger partial charge in [-0.25, -0.2) is 13.8 Å². The van der Waals surface area contributed by atoms with E-state index in [1.54, 1.807) is 36.4 Å². The fourth-order valence-electron chi connectivity index (χ4n) is 4.52. The van der Waals surface area contributed by atoms with Crippen LogP contribution in [-0.4, -0.2) is 48.5 Å². The number of nitrogens with zero attached hydrogens (tertiary/aromatic N) is 2. The van der Waals surface area contributed by atoms with Crippen molar-refractivity contribution < 1.29 is 30.9 Å². The monoisotopic (exact) mass is 539 g/mol. The Bertz CT molecular complexity index is 1060. The summed E-state index contributed by atoms with van der Waals surface area (Å²) in [4.78, 5) is 19.9. The molecule has 9 heteroatoms. The molecule has 0 aliphatic carbocycles. The molecule has 0 spiro atoms. The minimum atomic E-state index is -0.269. The van der Waals surface area contributed by atoms with Crippen LogP contribution >= 0.6 is 23.2 Å². The van der Waals surface area contributed by atoms with Crippen LogP contribution in [0.15, 0.2) is 60.7 Å². The largest absolute Gasteiger partial charge is 1.00 e. The van der Waals surface area contributed by atoms with Crippen molar-refractivity contribution in [1.82, 2.24) is 9.88 Å². The van der Waals surface area contributed by atoms with E-state index in [1.165, 1.54) is 29.2 Å². The smallest absolute Gasteiger partial charge is 0.254 e. The molecule has 3 aromatic rings. The zero-order valence-electron chi connectivity index (χ0n) is 19.0. The van der Waals surface area contributed by atoms with E-state index in [0.717, 1.165) is 43.6 Å². The number of rotatable bonds is 7. The molecule has 4 nitrogen and oxygen atoms in total. The first kappa shape index (κ1) is 27.3. The van der Waals surface area contributed by atoms with Gasteiger partial charge in [0.05, 0.1) is 32.7 Å². The molecule has 1 saturated heterocycles. The van der Waals surface area contributed by atoms with E-state index in [4.69, 9.17) is 23.2 Å². The van der Waals surface area contributed by atoms with Crippen LogP contribution in [0.2, 0.25) is 10.3 Å². The number of aromatic nitrogens is 1. The Hall–Kier alpha value is -2.25. The first-order valence-corrected chi connectivity index (χ1v) is 12.1. The van der Waals surface area contributed by atoms with Gasteiger partial charge in [0.15, 0.2) is 0 Å². The van der Waals surface area contributed by atoms with E-state index in [0.29, 0.717) is 18.7 Å². The summed E-state index contributed by atoms with van der Waals surface area (Å²) in [7, 11) is 0. The standard InChI is InChI=1S/C26H25Cl2F2N3O.ClH/c27-24-16-20(17-25(28)31-24)26(34)33-14-12-32(13-15-33)11-1-2-23(18-3-7-21(29)8-4-18)19-5-9-22(30)10-6-19;/h3-10,16-17,23H,1-2,11-15H2;1H. The van der Waals surface area contributed by atoms with E-state index >= 15 is 0 Å². The number of hydrogen-bond donors (Lipinski definition) is 1. The predicted molar refractivity (Wildman–Crippen MR) is 130 cm³/mol. The quantitative estimate of drug-likeness (QED) is 0.463. The first-order valence-electron chi connectivity index (χ1n) is 11.4. The predicted octanol–water partition coefficient (Wildman–Crippen LogP) is 1.62. The minimum absolute atomic E-state index is 0. The molecule has 186 valence electrons. The lowest BCUT2D eigenvalue weighted by atomic mass is 9.87. The summed E-state index contributed by atoms with van der Waals surface area (Å²) in [5.41, 5.74) is 2.50. The molecule has 0 bridgehead atoms. The third-order valence-electron chi connectivity index (χ3n) is 6.34. The van der Waals surface area contributed by atoms with E-state index in [2.05, 4.69) is 4.98 Å². The van der Waals surface area contributed by atoms with Crippen LogP contribution in [0, 0.1) is 11.6 Å². The van der Waals surface area contributed by atoms with Crippen LogP contribution in [0.4, 0.5) is 8.78 Å². The van der Waals surface area contributed by atoms with Gasteiger partial charge >= 0.3 is 0 Å². The molecule has 0 saturated carbocycles. The van der Waals surface area contributed by atoms with Crippen LogP contribution in [-0.2, 0) is 0 Å². The van der Waals surface area contributed by atoms with Gasteiger partial charge in [0, 0.05) is 11.5 Å². The average molecular weight is 541 g/mol. The van der Waals surface area contributed by atoms with Crippen LogP contribution in [0.5, 0.6) is 0 Å². The zero-order valence-corrected chi connectivity index (χ0v) is 21.3. The summed E-state index contributed by atoms with van der Waals surface area (Å²) < 4.78 is 26.9. The number of carbonyl (C=O) groups excluding carboxylic acids is 1. The average Bonchev–Trinajstić information content (AvgIpc) is 2.83. The Morgan fingerprint density at radius 1 is 0.914 bits per heavy atom. The van der Waals surface area contributed by atoms with Gasteiger partial charge in [-0.05, 0) is 60.4 Å². The molecular weight excluding hydrogens is 515 g/mol. The number of quaternary nitrogens is 1. The number of halogens is 5. The molecule has 1 N–H and O–H groups in total. The zero-order chi connectivity index (χ0) is 24.1. The second kappa shape index (κ2) is 12.6. The van der Waals surface area contributed by atoms with E-state index in [-0.39, 0.29) is 46.2 Å². The Balaban J connectivity index is 0.00000342. The topological polar surface area (TPSA) is 37.6 Å². The van der Waals surface area contributed by atoms with E-state index in [1.807, 2.05) is 4.90 Å². The number of piperazine rings is 1. The Labute approximate surface area is 220 Å². The molecule has 0 radical (unpaired) electrons. The van der Waals surface area contributed by atoms with Gasteiger partial charge in [0.1, 0.15) is 21.9 Å². The van der Waals surface area contributed by atoms with Crippen molar-refractivity contribution in [1.29, 1.82) is 0 Å². The van der Waals surface area contributed by atoms with Crippen molar-refractivity contribution in [3.63, 3.8) is 0 Å². The number of carbonyl (C=O) groups is 1. The SMILES string of the molecule is O=C(c1cc(Cl)nc(Cl)c1)N1CC[NH+](CCCC(c2ccc(F)cc2)c2ccc(F)cc2)CC1.[Cl-]. The molecular formula is C26H26Cl3F2N3O. The number of nitrogens with one attached hydrogen (secondary N) is 1. The lowest BCUT2D eigenvalue weighted by Crippen LogP contribution is -3.14. The first-order chi connectivity index (χ1) is 16.4. The van der Waals surface area contributed by atoms with Gasteiger partial charge in [0.2, 0.25) is 0 Å². The highest BCUT2D eigenvalue weighted by Gasteiger charge is 2.25. The van der Waals surface area contributed by atoms with Crippen molar-refractivity contribution >= 4 is 29.1 Å². The van der Waals surface area contributed by atoms with Crippen molar-refractivity contribution in [3.05, 3.63) is 99.3 Å². The van der Waals surface area contributed by atoms with Crippen LogP contribution in [0.3, 0.4) is 0 Å². The van der Waals surface area contributed by atoms with Gasteiger partial charge in [0.25, 0.3) is 5.91 Å². The summed E-state index contributed by atoms with van der Waals surface area (Å²) in [6.45, 7) is 4.00. The second-order valence-electron chi connectivity index (χ2n) is 8.59.